The van der Waals surface area contributed by atoms with Gasteiger partial charge in [0.2, 0.25) is 0 Å². The van der Waals surface area contributed by atoms with Crippen molar-refractivity contribution in [3.8, 4) is 0 Å². The molecule has 1 saturated heterocycles. The number of nitrogens with two attached hydrogens (primary N) is 1. The number of ether oxygens (including phenoxy) is 2. The zero-order valence-corrected chi connectivity index (χ0v) is 11.1. The number of rotatable bonds is 3. The van der Waals surface area contributed by atoms with Crippen LogP contribution >= 0.6 is 0 Å². The van der Waals surface area contributed by atoms with Gasteiger partial charge < -0.3 is 20.1 Å². The number of amides is 1. The smallest absolute Gasteiger partial charge is 0.410 e. The number of likely N-dealkylation sites (tertiary alicyclic amines) is 1. The highest BCUT2D eigenvalue weighted by atomic mass is 16.6. The zero-order chi connectivity index (χ0) is 13.7. The first-order chi connectivity index (χ1) is 9.20. The molecule has 0 saturated carbocycles. The summed E-state index contributed by atoms with van der Waals surface area (Å²) >= 11 is 0. The zero-order valence-electron chi connectivity index (χ0n) is 11.1. The van der Waals surface area contributed by atoms with Crippen molar-refractivity contribution in [3.63, 3.8) is 0 Å². The van der Waals surface area contributed by atoms with Gasteiger partial charge in [-0.3, -0.25) is 0 Å². The van der Waals surface area contributed by atoms with Crippen LogP contribution in [-0.4, -0.2) is 43.3 Å². The highest BCUT2D eigenvalue weighted by Crippen LogP contribution is 2.13. The molecular formula is C14H20N2O3. The molecule has 104 valence electrons. The number of carbonyl (C=O) groups excluding carboxylic acids is 1. The van der Waals surface area contributed by atoms with Crippen LogP contribution in [0, 0.1) is 0 Å². The van der Waals surface area contributed by atoms with Crippen molar-refractivity contribution in [1.82, 2.24) is 4.90 Å². The summed E-state index contributed by atoms with van der Waals surface area (Å²) in [4.78, 5) is 13.6. The normalized spacial score (nSPS) is 23.2. The average Bonchev–Trinajstić information content (AvgIpc) is 2.46. The third-order valence-corrected chi connectivity index (χ3v) is 3.38. The quantitative estimate of drug-likeness (QED) is 0.895. The van der Waals surface area contributed by atoms with E-state index >= 15 is 0 Å². The van der Waals surface area contributed by atoms with Gasteiger partial charge in [0.25, 0.3) is 0 Å². The van der Waals surface area contributed by atoms with E-state index in [1.165, 1.54) is 0 Å². The maximum Gasteiger partial charge on any atom is 0.410 e. The van der Waals surface area contributed by atoms with Crippen molar-refractivity contribution in [2.45, 2.75) is 25.2 Å². The maximum absolute atomic E-state index is 11.9. The van der Waals surface area contributed by atoms with E-state index < -0.39 is 0 Å². The summed E-state index contributed by atoms with van der Waals surface area (Å²) in [5.41, 5.74) is 6.89. The van der Waals surface area contributed by atoms with Crippen LogP contribution in [0.2, 0.25) is 0 Å². The van der Waals surface area contributed by atoms with Gasteiger partial charge in [0.15, 0.2) is 0 Å². The molecule has 1 heterocycles. The van der Waals surface area contributed by atoms with Crippen LogP contribution in [0.1, 0.15) is 12.0 Å². The minimum Gasteiger partial charge on any atom is -0.445 e. The molecule has 1 amide bonds. The SMILES string of the molecule is CO[C@@H]1CN(C(=O)OCc2ccccc2)CC[C@H]1N. The van der Waals surface area contributed by atoms with Gasteiger partial charge in [-0.2, -0.15) is 0 Å². The first-order valence-electron chi connectivity index (χ1n) is 6.44. The predicted molar refractivity (Wildman–Crippen MR) is 71.6 cm³/mol. The highest BCUT2D eigenvalue weighted by Gasteiger charge is 2.29. The number of piperidine rings is 1. The Morgan fingerprint density at radius 3 is 2.84 bits per heavy atom. The summed E-state index contributed by atoms with van der Waals surface area (Å²) < 4.78 is 10.6. The summed E-state index contributed by atoms with van der Waals surface area (Å²) in [5, 5.41) is 0. The second-order valence-electron chi connectivity index (χ2n) is 4.71. The Morgan fingerprint density at radius 2 is 2.16 bits per heavy atom. The first-order valence-corrected chi connectivity index (χ1v) is 6.44. The molecule has 0 aromatic heterocycles. The van der Waals surface area contributed by atoms with Crippen LogP contribution in [0.4, 0.5) is 4.79 Å². The molecule has 0 aliphatic carbocycles. The Bertz CT molecular complexity index is 410. The van der Waals surface area contributed by atoms with Gasteiger partial charge in [0.05, 0.1) is 12.6 Å². The summed E-state index contributed by atoms with van der Waals surface area (Å²) in [6.07, 6.45) is 0.315. The lowest BCUT2D eigenvalue weighted by atomic mass is 10.0. The van der Waals surface area contributed by atoms with Gasteiger partial charge in [-0.05, 0) is 12.0 Å². The lowest BCUT2D eigenvalue weighted by molar-refractivity contribution is 0.0107. The van der Waals surface area contributed by atoms with E-state index in [0.29, 0.717) is 19.7 Å². The molecule has 19 heavy (non-hydrogen) atoms. The van der Waals surface area contributed by atoms with Crippen molar-refractivity contribution in [2.24, 2.45) is 5.73 Å². The monoisotopic (exact) mass is 264 g/mol. The second kappa shape index (κ2) is 6.54. The average molecular weight is 264 g/mol. The van der Waals surface area contributed by atoms with E-state index in [1.807, 2.05) is 30.3 Å². The Kier molecular flexibility index (Phi) is 4.76. The van der Waals surface area contributed by atoms with Gasteiger partial charge in [-0.15, -0.1) is 0 Å². The highest BCUT2D eigenvalue weighted by molar-refractivity contribution is 5.67. The molecule has 0 bridgehead atoms. The van der Waals surface area contributed by atoms with Crippen LogP contribution in [0.25, 0.3) is 0 Å². The summed E-state index contributed by atoms with van der Waals surface area (Å²) in [5.74, 6) is 0. The lowest BCUT2D eigenvalue weighted by Crippen LogP contribution is -2.53. The van der Waals surface area contributed by atoms with E-state index in [4.69, 9.17) is 15.2 Å². The number of methoxy groups -OCH3 is 1. The third kappa shape index (κ3) is 3.68. The lowest BCUT2D eigenvalue weighted by Gasteiger charge is -2.35. The fourth-order valence-corrected chi connectivity index (χ4v) is 2.16. The van der Waals surface area contributed by atoms with Gasteiger partial charge in [-0.1, -0.05) is 30.3 Å². The van der Waals surface area contributed by atoms with Crippen molar-refractivity contribution >= 4 is 6.09 Å². The predicted octanol–water partition coefficient (Wildman–Crippen LogP) is 1.37. The Hall–Kier alpha value is -1.59. The van der Waals surface area contributed by atoms with Gasteiger partial charge >= 0.3 is 6.09 Å². The number of nitrogens with zero attached hydrogens (tertiary/aromatic N) is 1. The molecule has 1 aromatic carbocycles. The Morgan fingerprint density at radius 1 is 1.42 bits per heavy atom. The second-order valence-corrected chi connectivity index (χ2v) is 4.71. The molecular weight excluding hydrogens is 244 g/mol. The van der Waals surface area contributed by atoms with Crippen LogP contribution in [0.3, 0.4) is 0 Å². The molecule has 2 atom stereocenters. The molecule has 1 aliphatic rings. The third-order valence-electron chi connectivity index (χ3n) is 3.38. The van der Waals surface area contributed by atoms with Crippen LogP contribution in [0.5, 0.6) is 0 Å². The molecule has 5 heteroatoms. The van der Waals surface area contributed by atoms with Crippen LogP contribution < -0.4 is 5.73 Å². The molecule has 1 fully saturated rings. The first kappa shape index (κ1) is 13.8. The van der Waals surface area contributed by atoms with Gasteiger partial charge in [-0.25, -0.2) is 4.79 Å². The number of hydrogen-bond acceptors (Lipinski definition) is 4. The molecule has 0 unspecified atom stereocenters. The van der Waals surface area contributed by atoms with E-state index in [-0.39, 0.29) is 18.2 Å². The number of benzene rings is 1. The standard InChI is InChI=1S/C14H20N2O3/c1-18-13-9-16(8-7-12(13)15)14(17)19-10-11-5-3-2-4-6-11/h2-6,12-13H,7-10,15H2,1H3/t12-,13-/m1/s1. The largest absolute Gasteiger partial charge is 0.445 e. The number of carbonyl (C=O) groups is 1. The Labute approximate surface area is 113 Å². The van der Waals surface area contributed by atoms with Crippen LogP contribution in [-0.2, 0) is 16.1 Å². The minimum atomic E-state index is -0.308. The van der Waals surface area contributed by atoms with Gasteiger partial charge in [0, 0.05) is 19.7 Å². The van der Waals surface area contributed by atoms with Crippen LogP contribution in [0.15, 0.2) is 30.3 Å². The Balaban J connectivity index is 1.83. The number of hydrogen-bond donors (Lipinski definition) is 1. The van der Waals surface area contributed by atoms with Crippen molar-refractivity contribution < 1.29 is 14.3 Å². The molecule has 1 aliphatic heterocycles. The summed E-state index contributed by atoms with van der Waals surface area (Å²) in [6.45, 7) is 1.40. The molecule has 5 nitrogen and oxygen atoms in total. The minimum absolute atomic E-state index is 0.0110. The fourth-order valence-electron chi connectivity index (χ4n) is 2.16. The van der Waals surface area contributed by atoms with Crippen molar-refractivity contribution in [3.05, 3.63) is 35.9 Å². The van der Waals surface area contributed by atoms with Crippen molar-refractivity contribution in [1.29, 1.82) is 0 Å². The fraction of sp³-hybridized carbons (Fsp3) is 0.500. The molecule has 0 spiro atoms. The van der Waals surface area contributed by atoms with E-state index in [2.05, 4.69) is 0 Å². The summed E-state index contributed by atoms with van der Waals surface area (Å²) in [6, 6.07) is 9.62. The summed E-state index contributed by atoms with van der Waals surface area (Å²) in [7, 11) is 1.61. The maximum atomic E-state index is 11.9. The van der Waals surface area contributed by atoms with Crippen molar-refractivity contribution in [2.75, 3.05) is 20.2 Å². The van der Waals surface area contributed by atoms with E-state index in [1.54, 1.807) is 12.0 Å². The molecule has 0 radical (unpaired) electrons. The molecule has 2 rings (SSSR count). The topological polar surface area (TPSA) is 64.8 Å². The van der Waals surface area contributed by atoms with Gasteiger partial charge in [0.1, 0.15) is 6.61 Å². The van der Waals surface area contributed by atoms with E-state index in [9.17, 15) is 4.79 Å². The van der Waals surface area contributed by atoms with E-state index in [0.717, 1.165) is 12.0 Å². The molecule has 1 aromatic rings. The molecule has 2 N–H and O–H groups in total.